The van der Waals surface area contributed by atoms with Gasteiger partial charge in [-0.05, 0) is 52.8 Å². The van der Waals surface area contributed by atoms with Crippen LogP contribution in [0.25, 0.3) is 5.57 Å². The maximum absolute atomic E-state index is 11.4. The van der Waals surface area contributed by atoms with E-state index in [0.717, 1.165) is 25.6 Å². The van der Waals surface area contributed by atoms with E-state index in [2.05, 4.69) is 44.6 Å². The third-order valence-electron chi connectivity index (χ3n) is 2.31. The molecule has 0 unspecified atom stereocenters. The van der Waals surface area contributed by atoms with Gasteiger partial charge in [0.25, 0.3) is 0 Å². The Morgan fingerprint density at radius 3 is 2.86 bits per heavy atom. The third kappa shape index (κ3) is 1.67. The lowest BCUT2D eigenvalue weighted by atomic mass is 10.0. The number of benzene rings is 1. The first-order chi connectivity index (χ1) is 6.59. The second kappa shape index (κ2) is 3.77. The summed E-state index contributed by atoms with van der Waals surface area (Å²) in [5, 5.41) is 0. The predicted molar refractivity (Wildman–Crippen MR) is 69.5 cm³/mol. The molecule has 0 radical (unpaired) electrons. The van der Waals surface area contributed by atoms with Gasteiger partial charge in [-0.3, -0.25) is 4.79 Å². The van der Waals surface area contributed by atoms with Crippen molar-refractivity contribution in [3.63, 3.8) is 0 Å². The molecule has 14 heavy (non-hydrogen) atoms. The van der Waals surface area contributed by atoms with E-state index in [0.29, 0.717) is 0 Å². The minimum atomic E-state index is 0.162. The van der Waals surface area contributed by atoms with Crippen molar-refractivity contribution >= 4 is 49.9 Å². The fourth-order valence-electron chi connectivity index (χ4n) is 1.73. The summed E-state index contributed by atoms with van der Waals surface area (Å²) < 4.78 is 2.23. The molecule has 2 rings (SSSR count). The number of Topliss-reactive ketones (excluding diaryl/α,β-unsaturated/α-hetero) is 1. The first-order valence-electron chi connectivity index (χ1n) is 4.28. The van der Waals surface area contributed by atoms with Gasteiger partial charge in [0.1, 0.15) is 0 Å². The standard InChI is InChI=1S/C11H8BrIO/c1-6(14)11-9-3-2-8(12)4-7(9)5-10(11)13/h2-4H,5H2,1H3. The molecule has 0 N–H and O–H groups in total. The molecule has 1 aliphatic rings. The highest BCUT2D eigenvalue weighted by Crippen LogP contribution is 2.37. The summed E-state index contributed by atoms with van der Waals surface area (Å²) in [5.74, 6) is 0.162. The molecule has 72 valence electrons. The zero-order chi connectivity index (χ0) is 10.3. The summed E-state index contributed by atoms with van der Waals surface area (Å²) in [6.45, 7) is 1.63. The van der Waals surface area contributed by atoms with Crippen LogP contribution in [0.3, 0.4) is 0 Å². The van der Waals surface area contributed by atoms with Gasteiger partial charge < -0.3 is 0 Å². The van der Waals surface area contributed by atoms with E-state index < -0.39 is 0 Å². The Morgan fingerprint density at radius 1 is 1.50 bits per heavy atom. The van der Waals surface area contributed by atoms with Crippen molar-refractivity contribution in [2.24, 2.45) is 0 Å². The molecule has 1 aliphatic carbocycles. The lowest BCUT2D eigenvalue weighted by molar-refractivity contribution is -0.111. The average molecular weight is 363 g/mol. The van der Waals surface area contributed by atoms with Crippen molar-refractivity contribution in [1.82, 2.24) is 0 Å². The molecular formula is C11H8BrIO. The van der Waals surface area contributed by atoms with Crippen molar-refractivity contribution in [2.75, 3.05) is 0 Å². The van der Waals surface area contributed by atoms with Crippen LogP contribution in [-0.2, 0) is 11.2 Å². The van der Waals surface area contributed by atoms with Crippen molar-refractivity contribution in [3.8, 4) is 0 Å². The van der Waals surface area contributed by atoms with E-state index in [4.69, 9.17) is 0 Å². The van der Waals surface area contributed by atoms with E-state index in [1.54, 1.807) is 6.92 Å². The Kier molecular flexibility index (Phi) is 2.79. The molecule has 1 aromatic carbocycles. The monoisotopic (exact) mass is 362 g/mol. The highest BCUT2D eigenvalue weighted by molar-refractivity contribution is 14.1. The van der Waals surface area contributed by atoms with Crippen molar-refractivity contribution in [2.45, 2.75) is 13.3 Å². The zero-order valence-electron chi connectivity index (χ0n) is 7.60. The Morgan fingerprint density at radius 2 is 2.21 bits per heavy atom. The van der Waals surface area contributed by atoms with E-state index in [-0.39, 0.29) is 5.78 Å². The summed E-state index contributed by atoms with van der Waals surface area (Å²) in [5.41, 5.74) is 3.24. The first kappa shape index (κ1) is 10.4. The number of hydrogen-bond acceptors (Lipinski definition) is 1. The minimum absolute atomic E-state index is 0.162. The van der Waals surface area contributed by atoms with Gasteiger partial charge in [0.15, 0.2) is 5.78 Å². The van der Waals surface area contributed by atoms with Gasteiger partial charge in [0, 0.05) is 20.0 Å². The molecule has 0 spiro atoms. The molecule has 0 fully saturated rings. The molecule has 0 amide bonds. The Balaban J connectivity index is 2.58. The second-order valence-corrected chi connectivity index (χ2v) is 5.53. The molecule has 1 aromatic rings. The van der Waals surface area contributed by atoms with Crippen LogP contribution >= 0.6 is 38.5 Å². The summed E-state index contributed by atoms with van der Waals surface area (Å²) >= 11 is 5.70. The molecule has 0 saturated heterocycles. The molecule has 0 atom stereocenters. The van der Waals surface area contributed by atoms with E-state index in [1.165, 1.54) is 5.56 Å². The van der Waals surface area contributed by atoms with Gasteiger partial charge in [-0.15, -0.1) is 0 Å². The van der Waals surface area contributed by atoms with Gasteiger partial charge >= 0.3 is 0 Å². The number of carbonyl (C=O) groups is 1. The van der Waals surface area contributed by atoms with Crippen LogP contribution in [0.4, 0.5) is 0 Å². The molecule has 0 bridgehead atoms. The van der Waals surface area contributed by atoms with Crippen LogP contribution in [0.5, 0.6) is 0 Å². The smallest absolute Gasteiger partial charge is 0.161 e. The van der Waals surface area contributed by atoms with Gasteiger partial charge in [0.2, 0.25) is 0 Å². The number of allylic oxidation sites excluding steroid dienone is 2. The van der Waals surface area contributed by atoms with Gasteiger partial charge in [-0.2, -0.15) is 0 Å². The second-order valence-electron chi connectivity index (χ2n) is 3.31. The van der Waals surface area contributed by atoms with Crippen LogP contribution in [0.2, 0.25) is 0 Å². The minimum Gasteiger partial charge on any atom is -0.294 e. The number of fused-ring (bicyclic) bond motifs is 1. The van der Waals surface area contributed by atoms with Gasteiger partial charge in [0.05, 0.1) is 0 Å². The first-order valence-corrected chi connectivity index (χ1v) is 6.15. The molecule has 0 aromatic heterocycles. The number of halogens is 2. The molecule has 1 nitrogen and oxygen atoms in total. The Hall–Kier alpha value is -0.160. The van der Waals surface area contributed by atoms with E-state index in [9.17, 15) is 4.79 Å². The van der Waals surface area contributed by atoms with Crippen LogP contribution in [0, 0.1) is 0 Å². The maximum Gasteiger partial charge on any atom is 0.161 e. The van der Waals surface area contributed by atoms with Crippen molar-refractivity contribution in [3.05, 3.63) is 37.4 Å². The van der Waals surface area contributed by atoms with Crippen LogP contribution in [0.15, 0.2) is 26.3 Å². The fraction of sp³-hybridized carbons (Fsp3) is 0.182. The number of carbonyl (C=O) groups excluding carboxylic acids is 1. The summed E-state index contributed by atoms with van der Waals surface area (Å²) in [6, 6.07) is 6.09. The highest BCUT2D eigenvalue weighted by atomic mass is 127. The summed E-state index contributed by atoms with van der Waals surface area (Å²) in [7, 11) is 0. The largest absolute Gasteiger partial charge is 0.294 e. The highest BCUT2D eigenvalue weighted by Gasteiger charge is 2.22. The third-order valence-corrected chi connectivity index (χ3v) is 3.72. The Bertz CT molecular complexity index is 449. The molecular weight excluding hydrogens is 355 g/mol. The SMILES string of the molecule is CC(=O)C1=C(I)Cc2cc(Br)ccc21. The van der Waals surface area contributed by atoms with Crippen molar-refractivity contribution < 1.29 is 4.79 Å². The lowest BCUT2D eigenvalue weighted by Gasteiger charge is -2.02. The number of hydrogen-bond donors (Lipinski definition) is 0. The van der Waals surface area contributed by atoms with Crippen LogP contribution in [-0.4, -0.2) is 5.78 Å². The normalized spacial score (nSPS) is 14.5. The van der Waals surface area contributed by atoms with E-state index in [1.807, 2.05) is 12.1 Å². The topological polar surface area (TPSA) is 17.1 Å². The molecule has 0 saturated carbocycles. The number of ketones is 1. The quantitative estimate of drug-likeness (QED) is 0.695. The Labute approximate surface area is 105 Å². The zero-order valence-corrected chi connectivity index (χ0v) is 11.3. The van der Waals surface area contributed by atoms with Gasteiger partial charge in [-0.1, -0.05) is 22.0 Å². The predicted octanol–water partition coefficient (Wildman–Crippen LogP) is 3.74. The average Bonchev–Trinajstić information content (AvgIpc) is 2.39. The molecule has 3 heteroatoms. The number of rotatable bonds is 1. The van der Waals surface area contributed by atoms with Gasteiger partial charge in [-0.25, -0.2) is 0 Å². The molecule has 0 heterocycles. The van der Waals surface area contributed by atoms with E-state index >= 15 is 0 Å². The maximum atomic E-state index is 11.4. The van der Waals surface area contributed by atoms with Crippen LogP contribution < -0.4 is 0 Å². The summed E-state index contributed by atoms with van der Waals surface area (Å²) in [4.78, 5) is 11.4. The lowest BCUT2D eigenvalue weighted by Crippen LogP contribution is -1.94. The summed E-state index contributed by atoms with van der Waals surface area (Å²) in [6.07, 6.45) is 0.893. The molecule has 0 aliphatic heterocycles. The fourth-order valence-corrected chi connectivity index (χ4v) is 3.22. The van der Waals surface area contributed by atoms with Crippen LogP contribution in [0.1, 0.15) is 18.1 Å². The van der Waals surface area contributed by atoms with Crippen molar-refractivity contribution in [1.29, 1.82) is 0 Å².